The standard InChI is InChI=1S/C15H15ClFIN4O/c1-4-21(15(23)9(2)10(3)18)13-8-22(20-14(13)16)12-5-11(17)6-19-7-12/h5-8H,4H2,1-3H3/b10-9+. The molecule has 8 heteroatoms. The number of hydrogen-bond donors (Lipinski definition) is 0. The topological polar surface area (TPSA) is 51.0 Å². The smallest absolute Gasteiger partial charge is 0.254 e. The molecule has 0 N–H and O–H groups in total. The van der Waals surface area contributed by atoms with Gasteiger partial charge in [-0.1, -0.05) is 11.6 Å². The van der Waals surface area contributed by atoms with Crippen LogP contribution in [-0.2, 0) is 4.79 Å². The number of anilines is 1. The lowest BCUT2D eigenvalue weighted by Crippen LogP contribution is -2.31. The molecule has 0 aromatic carbocycles. The summed E-state index contributed by atoms with van der Waals surface area (Å²) in [5.41, 5.74) is 1.54. The van der Waals surface area contributed by atoms with Crippen molar-refractivity contribution in [1.82, 2.24) is 14.8 Å². The average molecular weight is 449 g/mol. The second-order valence-electron chi connectivity index (χ2n) is 4.82. The summed E-state index contributed by atoms with van der Waals surface area (Å²) in [5, 5.41) is 4.31. The van der Waals surface area contributed by atoms with Gasteiger partial charge in [-0.15, -0.1) is 0 Å². The molecule has 0 saturated carbocycles. The maximum Gasteiger partial charge on any atom is 0.254 e. The van der Waals surface area contributed by atoms with Crippen LogP contribution in [0.1, 0.15) is 20.8 Å². The molecule has 5 nitrogen and oxygen atoms in total. The Bertz CT molecular complexity index is 771. The maximum absolute atomic E-state index is 13.3. The van der Waals surface area contributed by atoms with Crippen LogP contribution in [0, 0.1) is 5.82 Å². The van der Waals surface area contributed by atoms with E-state index in [1.807, 2.05) is 13.8 Å². The van der Waals surface area contributed by atoms with E-state index >= 15 is 0 Å². The summed E-state index contributed by atoms with van der Waals surface area (Å²) in [6.07, 6.45) is 4.17. The number of rotatable bonds is 4. The van der Waals surface area contributed by atoms with Gasteiger partial charge in [-0.05, 0) is 46.9 Å². The van der Waals surface area contributed by atoms with Gasteiger partial charge >= 0.3 is 0 Å². The lowest BCUT2D eigenvalue weighted by molar-refractivity contribution is -0.115. The van der Waals surface area contributed by atoms with Crippen LogP contribution >= 0.6 is 34.2 Å². The van der Waals surface area contributed by atoms with Crippen LogP contribution in [0.3, 0.4) is 0 Å². The molecule has 23 heavy (non-hydrogen) atoms. The Morgan fingerprint density at radius 1 is 1.43 bits per heavy atom. The molecule has 0 saturated heterocycles. The van der Waals surface area contributed by atoms with Crippen molar-refractivity contribution in [2.75, 3.05) is 11.4 Å². The zero-order valence-electron chi connectivity index (χ0n) is 12.8. The van der Waals surface area contributed by atoms with Gasteiger partial charge in [0.2, 0.25) is 0 Å². The van der Waals surface area contributed by atoms with Gasteiger partial charge in [-0.25, -0.2) is 9.07 Å². The van der Waals surface area contributed by atoms with Gasteiger partial charge in [0.25, 0.3) is 5.91 Å². The van der Waals surface area contributed by atoms with Gasteiger partial charge in [0.15, 0.2) is 5.15 Å². The predicted molar refractivity (Wildman–Crippen MR) is 96.7 cm³/mol. The number of pyridine rings is 1. The van der Waals surface area contributed by atoms with E-state index in [-0.39, 0.29) is 11.1 Å². The quantitative estimate of drug-likeness (QED) is 0.522. The third kappa shape index (κ3) is 3.89. The molecule has 2 heterocycles. The first-order valence-corrected chi connectivity index (χ1v) is 8.31. The Hall–Kier alpha value is -1.48. The third-order valence-corrected chi connectivity index (χ3v) is 4.37. The van der Waals surface area contributed by atoms with E-state index in [2.05, 4.69) is 32.7 Å². The molecule has 0 aliphatic heterocycles. The van der Waals surface area contributed by atoms with Crippen molar-refractivity contribution in [3.63, 3.8) is 0 Å². The van der Waals surface area contributed by atoms with E-state index in [0.29, 0.717) is 23.5 Å². The molecule has 2 rings (SSSR count). The molecule has 122 valence electrons. The van der Waals surface area contributed by atoms with Crippen LogP contribution < -0.4 is 4.90 Å². The number of likely N-dealkylation sites (N-methyl/N-ethyl adjacent to an activating group) is 1. The second-order valence-corrected chi connectivity index (χ2v) is 6.80. The van der Waals surface area contributed by atoms with E-state index < -0.39 is 5.82 Å². The first kappa shape index (κ1) is 17.9. The van der Waals surface area contributed by atoms with E-state index in [9.17, 15) is 9.18 Å². The molecular formula is C15H15ClFIN4O. The van der Waals surface area contributed by atoms with Gasteiger partial charge in [0.05, 0.1) is 24.3 Å². The monoisotopic (exact) mass is 448 g/mol. The van der Waals surface area contributed by atoms with E-state index in [1.165, 1.54) is 21.8 Å². The average Bonchev–Trinajstić information content (AvgIpc) is 2.89. The Morgan fingerprint density at radius 2 is 2.13 bits per heavy atom. The minimum absolute atomic E-state index is 0.141. The van der Waals surface area contributed by atoms with Crippen LogP contribution in [-0.4, -0.2) is 27.2 Å². The van der Waals surface area contributed by atoms with Crippen molar-refractivity contribution >= 4 is 45.8 Å². The molecule has 0 aliphatic carbocycles. The highest BCUT2D eigenvalue weighted by molar-refractivity contribution is 14.1. The summed E-state index contributed by atoms with van der Waals surface area (Å²) in [6.45, 7) is 5.92. The maximum atomic E-state index is 13.3. The highest BCUT2D eigenvalue weighted by atomic mass is 127. The fourth-order valence-corrected chi connectivity index (χ4v) is 2.42. The third-order valence-electron chi connectivity index (χ3n) is 3.30. The number of amides is 1. The normalized spacial score (nSPS) is 12.1. The summed E-state index contributed by atoms with van der Waals surface area (Å²) >= 11 is 8.29. The van der Waals surface area contributed by atoms with Gasteiger partial charge in [-0.3, -0.25) is 9.78 Å². The number of hydrogen-bond acceptors (Lipinski definition) is 3. The summed E-state index contributed by atoms with van der Waals surface area (Å²) in [6, 6.07) is 1.29. The summed E-state index contributed by atoms with van der Waals surface area (Å²) in [4.78, 5) is 17.9. The first-order valence-electron chi connectivity index (χ1n) is 6.86. The fourth-order valence-electron chi connectivity index (χ4n) is 1.96. The molecule has 0 aliphatic rings. The summed E-state index contributed by atoms with van der Waals surface area (Å²) < 4.78 is 15.6. The molecule has 0 fully saturated rings. The molecule has 0 bridgehead atoms. The van der Waals surface area contributed by atoms with Gasteiger partial charge in [-0.2, -0.15) is 5.10 Å². The van der Waals surface area contributed by atoms with Crippen LogP contribution in [0.5, 0.6) is 0 Å². The van der Waals surface area contributed by atoms with Crippen LogP contribution in [0.15, 0.2) is 33.8 Å². The number of aromatic nitrogens is 3. The largest absolute Gasteiger partial charge is 0.305 e. The van der Waals surface area contributed by atoms with Crippen molar-refractivity contribution in [2.24, 2.45) is 0 Å². The Morgan fingerprint density at radius 3 is 2.70 bits per heavy atom. The van der Waals surface area contributed by atoms with Crippen LogP contribution in [0.2, 0.25) is 5.15 Å². The van der Waals surface area contributed by atoms with Crippen LogP contribution in [0.4, 0.5) is 10.1 Å². The number of carbonyl (C=O) groups is 1. The lowest BCUT2D eigenvalue weighted by Gasteiger charge is -2.20. The van der Waals surface area contributed by atoms with Crippen molar-refractivity contribution in [1.29, 1.82) is 0 Å². The Labute approximate surface area is 152 Å². The minimum Gasteiger partial charge on any atom is -0.305 e. The van der Waals surface area contributed by atoms with Gasteiger partial charge in [0.1, 0.15) is 11.5 Å². The summed E-state index contributed by atoms with van der Waals surface area (Å²) in [7, 11) is 0. The lowest BCUT2D eigenvalue weighted by atomic mass is 10.2. The zero-order chi connectivity index (χ0) is 17.1. The molecule has 1 amide bonds. The van der Waals surface area contributed by atoms with E-state index in [1.54, 1.807) is 13.1 Å². The number of carbonyl (C=O) groups excluding carboxylic acids is 1. The number of halogens is 3. The molecule has 0 radical (unpaired) electrons. The Kier molecular flexibility index (Phi) is 5.74. The van der Waals surface area contributed by atoms with E-state index in [0.717, 1.165) is 9.78 Å². The molecule has 2 aromatic heterocycles. The predicted octanol–water partition coefficient (Wildman–Crippen LogP) is 4.14. The molecular weight excluding hydrogens is 434 g/mol. The highest BCUT2D eigenvalue weighted by Gasteiger charge is 2.22. The first-order chi connectivity index (χ1) is 10.8. The highest BCUT2D eigenvalue weighted by Crippen LogP contribution is 2.28. The van der Waals surface area contributed by atoms with E-state index in [4.69, 9.17) is 11.6 Å². The van der Waals surface area contributed by atoms with Gasteiger partial charge in [0, 0.05) is 18.2 Å². The molecule has 0 atom stereocenters. The molecule has 2 aromatic rings. The zero-order valence-corrected chi connectivity index (χ0v) is 15.8. The molecule has 0 unspecified atom stereocenters. The SMILES string of the molecule is CCN(C(=O)/C(C)=C(\C)I)c1cn(-c2cncc(F)c2)nc1Cl. The number of nitrogens with zero attached hydrogens (tertiary/aromatic N) is 4. The Balaban J connectivity index is 2.44. The van der Waals surface area contributed by atoms with Crippen molar-refractivity contribution < 1.29 is 9.18 Å². The minimum atomic E-state index is -0.474. The van der Waals surface area contributed by atoms with Crippen LogP contribution in [0.25, 0.3) is 5.69 Å². The summed E-state index contributed by atoms with van der Waals surface area (Å²) in [5.74, 6) is -0.614. The van der Waals surface area contributed by atoms with Crippen molar-refractivity contribution in [2.45, 2.75) is 20.8 Å². The number of allylic oxidation sites excluding steroid dienone is 1. The van der Waals surface area contributed by atoms with Gasteiger partial charge < -0.3 is 4.90 Å². The van der Waals surface area contributed by atoms with Crippen molar-refractivity contribution in [3.05, 3.63) is 44.8 Å². The molecule has 0 spiro atoms. The fraction of sp³-hybridized carbons (Fsp3) is 0.267. The van der Waals surface area contributed by atoms with Crippen molar-refractivity contribution in [3.8, 4) is 5.69 Å². The second kappa shape index (κ2) is 7.39.